The number of aryl methyl sites for hydroxylation is 1. The molecule has 3 heteroatoms. The van der Waals surface area contributed by atoms with Gasteiger partial charge in [-0.05, 0) is 13.0 Å². The second-order valence-electron chi connectivity index (χ2n) is 1.75. The van der Waals surface area contributed by atoms with E-state index in [1.807, 2.05) is 18.4 Å². The van der Waals surface area contributed by atoms with Crippen LogP contribution in [0.15, 0.2) is 11.5 Å². The zero-order chi connectivity index (χ0) is 7.40. The fraction of sp³-hybridized carbons (Fsp3) is 0.143. The standard InChI is InChI=1S/C7H6N2S/c1-6-9-7(5-10-6)3-2-4-8/h2-3,5H,1H3. The van der Waals surface area contributed by atoms with Gasteiger partial charge in [-0.25, -0.2) is 4.98 Å². The molecule has 0 aliphatic heterocycles. The zero-order valence-electron chi connectivity index (χ0n) is 5.53. The van der Waals surface area contributed by atoms with Gasteiger partial charge in [0, 0.05) is 11.5 Å². The lowest BCUT2D eigenvalue weighted by atomic mass is 10.4. The van der Waals surface area contributed by atoms with Gasteiger partial charge in [-0.3, -0.25) is 0 Å². The average molecular weight is 150 g/mol. The molecule has 0 bridgehead atoms. The lowest BCUT2D eigenvalue weighted by Gasteiger charge is -1.75. The highest BCUT2D eigenvalue weighted by atomic mass is 32.1. The van der Waals surface area contributed by atoms with E-state index in [1.165, 1.54) is 6.08 Å². The third kappa shape index (κ3) is 1.67. The highest BCUT2D eigenvalue weighted by molar-refractivity contribution is 7.09. The Labute approximate surface area is 63.5 Å². The van der Waals surface area contributed by atoms with Crippen molar-refractivity contribution in [3.05, 3.63) is 22.2 Å². The normalized spacial score (nSPS) is 10.0. The van der Waals surface area contributed by atoms with Crippen LogP contribution in [0.2, 0.25) is 0 Å². The van der Waals surface area contributed by atoms with Gasteiger partial charge in [-0.15, -0.1) is 11.3 Å². The monoisotopic (exact) mass is 150 g/mol. The molecular formula is C7H6N2S. The topological polar surface area (TPSA) is 36.7 Å². The van der Waals surface area contributed by atoms with Crippen LogP contribution in [0.1, 0.15) is 10.7 Å². The number of aromatic nitrogens is 1. The van der Waals surface area contributed by atoms with E-state index in [1.54, 1.807) is 17.4 Å². The molecule has 2 nitrogen and oxygen atoms in total. The summed E-state index contributed by atoms with van der Waals surface area (Å²) in [7, 11) is 0. The second-order valence-corrected chi connectivity index (χ2v) is 2.82. The van der Waals surface area contributed by atoms with Crippen LogP contribution in [0.3, 0.4) is 0 Å². The number of hydrogen-bond acceptors (Lipinski definition) is 3. The molecule has 0 radical (unpaired) electrons. The molecular weight excluding hydrogens is 144 g/mol. The molecule has 1 aromatic rings. The largest absolute Gasteiger partial charge is 0.242 e. The third-order valence-corrected chi connectivity index (χ3v) is 1.76. The summed E-state index contributed by atoms with van der Waals surface area (Å²) < 4.78 is 0. The molecule has 0 saturated heterocycles. The Morgan fingerprint density at radius 3 is 3.10 bits per heavy atom. The SMILES string of the molecule is Cc1nc(C=CC#N)cs1. The first kappa shape index (κ1) is 6.97. The minimum absolute atomic E-state index is 0.865. The minimum Gasteiger partial charge on any atom is -0.242 e. The summed E-state index contributed by atoms with van der Waals surface area (Å²) in [4.78, 5) is 4.13. The van der Waals surface area contributed by atoms with Gasteiger partial charge in [0.1, 0.15) is 0 Å². The molecule has 10 heavy (non-hydrogen) atoms. The van der Waals surface area contributed by atoms with Gasteiger partial charge in [0.25, 0.3) is 0 Å². The van der Waals surface area contributed by atoms with Gasteiger partial charge in [0.15, 0.2) is 0 Å². The Kier molecular flexibility index (Phi) is 2.19. The van der Waals surface area contributed by atoms with Crippen molar-refractivity contribution < 1.29 is 0 Å². The first-order chi connectivity index (χ1) is 4.83. The van der Waals surface area contributed by atoms with Crippen molar-refractivity contribution in [3.63, 3.8) is 0 Å². The molecule has 0 fully saturated rings. The quantitative estimate of drug-likeness (QED) is 0.574. The van der Waals surface area contributed by atoms with Crippen LogP contribution in [0, 0.1) is 18.3 Å². The lowest BCUT2D eigenvalue weighted by Crippen LogP contribution is -1.69. The highest BCUT2D eigenvalue weighted by Crippen LogP contribution is 2.08. The Hall–Kier alpha value is -1.14. The molecule has 0 amide bonds. The Balaban J connectivity index is 2.78. The minimum atomic E-state index is 0.865. The molecule has 0 N–H and O–H groups in total. The van der Waals surface area contributed by atoms with Gasteiger partial charge in [0.05, 0.1) is 16.8 Å². The summed E-state index contributed by atoms with van der Waals surface area (Å²) in [6.45, 7) is 1.94. The van der Waals surface area contributed by atoms with E-state index in [2.05, 4.69) is 4.98 Å². The highest BCUT2D eigenvalue weighted by Gasteiger charge is 1.90. The van der Waals surface area contributed by atoms with E-state index < -0.39 is 0 Å². The number of nitriles is 1. The summed E-state index contributed by atoms with van der Waals surface area (Å²) in [6, 6.07) is 1.91. The lowest BCUT2D eigenvalue weighted by molar-refractivity contribution is 1.27. The van der Waals surface area contributed by atoms with E-state index in [0.717, 1.165) is 10.7 Å². The fourth-order valence-corrected chi connectivity index (χ4v) is 1.16. The molecule has 0 unspecified atom stereocenters. The van der Waals surface area contributed by atoms with Crippen LogP contribution in [0.4, 0.5) is 0 Å². The number of allylic oxidation sites excluding steroid dienone is 1. The van der Waals surface area contributed by atoms with E-state index in [-0.39, 0.29) is 0 Å². The van der Waals surface area contributed by atoms with Crippen molar-refractivity contribution in [2.24, 2.45) is 0 Å². The molecule has 1 aromatic heterocycles. The summed E-state index contributed by atoms with van der Waals surface area (Å²) in [5.41, 5.74) is 0.865. The van der Waals surface area contributed by atoms with E-state index in [0.29, 0.717) is 0 Å². The summed E-state index contributed by atoms with van der Waals surface area (Å²) in [5.74, 6) is 0. The maximum Gasteiger partial charge on any atom is 0.0912 e. The number of nitrogens with zero attached hydrogens (tertiary/aromatic N) is 2. The summed E-state index contributed by atoms with van der Waals surface area (Å²) >= 11 is 1.58. The second kappa shape index (κ2) is 3.14. The van der Waals surface area contributed by atoms with Gasteiger partial charge in [-0.1, -0.05) is 0 Å². The van der Waals surface area contributed by atoms with Crippen LogP contribution in [-0.4, -0.2) is 4.98 Å². The summed E-state index contributed by atoms with van der Waals surface area (Å²) in [6.07, 6.45) is 3.12. The van der Waals surface area contributed by atoms with Crippen molar-refractivity contribution >= 4 is 17.4 Å². The third-order valence-electron chi connectivity index (χ3n) is 0.965. The van der Waals surface area contributed by atoms with Crippen molar-refractivity contribution in [1.29, 1.82) is 5.26 Å². The van der Waals surface area contributed by atoms with Crippen LogP contribution < -0.4 is 0 Å². The molecule has 0 saturated carbocycles. The fourth-order valence-electron chi connectivity index (χ4n) is 0.579. The van der Waals surface area contributed by atoms with Crippen molar-refractivity contribution in [3.8, 4) is 6.07 Å². The van der Waals surface area contributed by atoms with Crippen LogP contribution in [0.5, 0.6) is 0 Å². The number of thiazole rings is 1. The van der Waals surface area contributed by atoms with E-state index in [9.17, 15) is 0 Å². The van der Waals surface area contributed by atoms with Gasteiger partial charge in [0.2, 0.25) is 0 Å². The first-order valence-corrected chi connectivity index (χ1v) is 3.69. The molecule has 0 aliphatic carbocycles. The predicted octanol–water partition coefficient (Wildman–Crippen LogP) is 1.99. The van der Waals surface area contributed by atoms with Crippen molar-refractivity contribution in [1.82, 2.24) is 4.98 Å². The maximum absolute atomic E-state index is 8.17. The smallest absolute Gasteiger partial charge is 0.0912 e. The Bertz CT molecular complexity index is 280. The van der Waals surface area contributed by atoms with Gasteiger partial charge < -0.3 is 0 Å². The number of rotatable bonds is 1. The van der Waals surface area contributed by atoms with Crippen LogP contribution in [0.25, 0.3) is 6.08 Å². The van der Waals surface area contributed by atoms with Gasteiger partial charge in [-0.2, -0.15) is 5.26 Å². The number of hydrogen-bond donors (Lipinski definition) is 0. The predicted molar refractivity (Wildman–Crippen MR) is 41.5 cm³/mol. The molecule has 1 rings (SSSR count). The molecule has 0 atom stereocenters. The van der Waals surface area contributed by atoms with E-state index >= 15 is 0 Å². The average Bonchev–Trinajstić information content (AvgIpc) is 2.31. The van der Waals surface area contributed by atoms with Crippen LogP contribution >= 0.6 is 11.3 Å². The zero-order valence-corrected chi connectivity index (χ0v) is 6.35. The van der Waals surface area contributed by atoms with Crippen molar-refractivity contribution in [2.45, 2.75) is 6.92 Å². The molecule has 0 aromatic carbocycles. The van der Waals surface area contributed by atoms with Crippen LogP contribution in [-0.2, 0) is 0 Å². The molecule has 50 valence electrons. The first-order valence-electron chi connectivity index (χ1n) is 2.81. The Morgan fingerprint density at radius 2 is 2.60 bits per heavy atom. The summed E-state index contributed by atoms with van der Waals surface area (Å²) in [5, 5.41) is 11.1. The van der Waals surface area contributed by atoms with E-state index in [4.69, 9.17) is 5.26 Å². The maximum atomic E-state index is 8.17. The van der Waals surface area contributed by atoms with Crippen molar-refractivity contribution in [2.75, 3.05) is 0 Å². The molecule has 1 heterocycles. The molecule has 0 aliphatic rings. The Morgan fingerprint density at radius 1 is 1.80 bits per heavy atom. The molecule has 0 spiro atoms. The van der Waals surface area contributed by atoms with Gasteiger partial charge >= 0.3 is 0 Å².